The summed E-state index contributed by atoms with van der Waals surface area (Å²) in [5.41, 5.74) is 19.2. The molecule has 4 rings (SSSR count). The summed E-state index contributed by atoms with van der Waals surface area (Å²) >= 11 is 0. The van der Waals surface area contributed by atoms with E-state index >= 15 is 0 Å². The number of guanidine groups is 1. The molecule has 16 heteroatoms. The van der Waals surface area contributed by atoms with Gasteiger partial charge in [-0.05, 0) is 73.1 Å². The number of hydrogen-bond donors (Lipinski definition) is 9. The van der Waals surface area contributed by atoms with Gasteiger partial charge in [-0.3, -0.25) is 29.0 Å². The molecule has 0 aliphatic rings. The molecule has 0 fully saturated rings. The minimum atomic E-state index is -1.19. The Morgan fingerprint density at radius 2 is 1.45 bits per heavy atom. The maximum absolute atomic E-state index is 13.9. The van der Waals surface area contributed by atoms with Crippen LogP contribution in [0, 0.1) is 17.7 Å². The van der Waals surface area contributed by atoms with E-state index in [1.807, 2.05) is 44.2 Å². The van der Waals surface area contributed by atoms with Crippen molar-refractivity contribution < 1.29 is 33.5 Å². The average Bonchev–Trinajstić information content (AvgIpc) is 3.60. The third kappa shape index (κ3) is 14.0. The zero-order valence-electron chi connectivity index (χ0n) is 32.7. The fourth-order valence-corrected chi connectivity index (χ4v) is 6.61. The van der Waals surface area contributed by atoms with Gasteiger partial charge in [0.15, 0.2) is 5.96 Å². The van der Waals surface area contributed by atoms with E-state index in [9.17, 15) is 33.5 Å². The molecule has 3 aromatic carbocycles. The fraction of sp³-hybridized carbons (Fsp3) is 0.381. The maximum atomic E-state index is 13.9. The largest absolute Gasteiger partial charge is 0.391 e. The van der Waals surface area contributed by atoms with Gasteiger partial charge in [-0.15, -0.1) is 0 Å². The molecule has 310 valence electrons. The molecule has 58 heavy (non-hydrogen) atoms. The van der Waals surface area contributed by atoms with E-state index in [2.05, 4.69) is 31.2 Å². The van der Waals surface area contributed by atoms with E-state index < -0.39 is 65.5 Å². The number of H-pyrrole nitrogens is 1. The van der Waals surface area contributed by atoms with Gasteiger partial charge in [0.1, 0.15) is 23.9 Å². The van der Waals surface area contributed by atoms with Gasteiger partial charge in [0.2, 0.25) is 23.6 Å². The van der Waals surface area contributed by atoms with E-state index in [-0.39, 0.29) is 56.2 Å². The topological polar surface area (TPSA) is 260 Å². The predicted octanol–water partition coefficient (Wildman–Crippen LogP) is 1.93. The van der Waals surface area contributed by atoms with Crippen molar-refractivity contribution in [3.05, 3.63) is 108 Å². The number of aliphatic imine (C=N–C) groups is 1. The predicted molar refractivity (Wildman–Crippen MR) is 219 cm³/mol. The van der Waals surface area contributed by atoms with Crippen LogP contribution in [0.25, 0.3) is 10.9 Å². The number of nitrogens with two attached hydrogens (primary N) is 3. The highest BCUT2D eigenvalue weighted by Crippen LogP contribution is 2.21. The lowest BCUT2D eigenvalue weighted by Gasteiger charge is -2.26. The summed E-state index contributed by atoms with van der Waals surface area (Å²) in [6, 6.07) is 18.2. The lowest BCUT2D eigenvalue weighted by Crippen LogP contribution is -2.54. The van der Waals surface area contributed by atoms with Crippen LogP contribution in [0.2, 0.25) is 0 Å². The first-order chi connectivity index (χ1) is 27.7. The summed E-state index contributed by atoms with van der Waals surface area (Å²) in [6.07, 6.45) is 1.51. The highest BCUT2D eigenvalue weighted by molar-refractivity contribution is 5.97. The van der Waals surface area contributed by atoms with Crippen molar-refractivity contribution in [2.75, 3.05) is 13.1 Å². The lowest BCUT2D eigenvalue weighted by molar-refractivity contribution is -0.133. The highest BCUT2D eigenvalue weighted by Gasteiger charge is 2.31. The lowest BCUT2D eigenvalue weighted by atomic mass is 9.90. The number of halogens is 1. The van der Waals surface area contributed by atoms with Crippen LogP contribution >= 0.6 is 0 Å². The molecule has 0 saturated heterocycles. The first-order valence-corrected chi connectivity index (χ1v) is 19.3. The summed E-state index contributed by atoms with van der Waals surface area (Å²) < 4.78 is 13.5. The molecule has 1 heterocycles. The van der Waals surface area contributed by atoms with E-state index in [1.165, 1.54) is 12.1 Å². The number of carbonyl (C=O) groups excluding carboxylic acids is 5. The van der Waals surface area contributed by atoms with Crippen LogP contribution in [0.15, 0.2) is 90.1 Å². The molecular weight excluding hydrogens is 746 g/mol. The van der Waals surface area contributed by atoms with Gasteiger partial charge in [0.05, 0.1) is 6.10 Å². The van der Waals surface area contributed by atoms with Crippen LogP contribution in [-0.4, -0.2) is 82.9 Å². The third-order valence-electron chi connectivity index (χ3n) is 9.54. The average molecular weight is 800 g/mol. The molecule has 0 spiro atoms. The SMILES string of the molecule is CC(C)C[C@@H](C[C@@H](O)CNC(=O)[C@H](Cc1ccccc1)NC(=O)c1ccc(F)cc1)C(=O)N[C@@H](CCCN=C(N)N)C(=O)N[C@@H](Cc1c[nH]c2ccccc12)C(N)=O. The Bertz CT molecular complexity index is 2020. The number of aromatic nitrogens is 1. The quantitative estimate of drug-likeness (QED) is 0.0322. The molecule has 15 nitrogen and oxygen atoms in total. The van der Waals surface area contributed by atoms with Gasteiger partial charge in [-0.25, -0.2) is 4.39 Å². The summed E-state index contributed by atoms with van der Waals surface area (Å²) in [4.78, 5) is 73.8. The van der Waals surface area contributed by atoms with Gasteiger partial charge in [0, 0.05) is 54.5 Å². The Balaban J connectivity index is 1.43. The fourth-order valence-electron chi connectivity index (χ4n) is 6.61. The van der Waals surface area contributed by atoms with Crippen LogP contribution in [0.1, 0.15) is 61.0 Å². The van der Waals surface area contributed by atoms with Crippen LogP contribution < -0.4 is 38.5 Å². The molecule has 0 unspecified atom stereocenters. The molecule has 1 aromatic heterocycles. The third-order valence-corrected chi connectivity index (χ3v) is 9.54. The minimum absolute atomic E-state index is 0.0130. The molecule has 0 aliphatic carbocycles. The van der Waals surface area contributed by atoms with Crippen LogP contribution in [0.3, 0.4) is 0 Å². The van der Waals surface area contributed by atoms with Crippen LogP contribution in [0.5, 0.6) is 0 Å². The number of amides is 5. The molecular formula is C42H54FN9O6. The number of nitrogens with one attached hydrogen (secondary N) is 5. The number of primary amides is 1. The van der Waals surface area contributed by atoms with Crippen molar-refractivity contribution in [1.29, 1.82) is 0 Å². The highest BCUT2D eigenvalue weighted by atomic mass is 19.1. The molecule has 4 aromatic rings. The van der Waals surface area contributed by atoms with Crippen LogP contribution in [0.4, 0.5) is 4.39 Å². The number of nitrogens with zero attached hydrogens (tertiary/aromatic N) is 1. The van der Waals surface area contributed by atoms with Crippen molar-refractivity contribution in [3.63, 3.8) is 0 Å². The summed E-state index contributed by atoms with van der Waals surface area (Å²) in [5, 5.41) is 22.9. The molecule has 0 aliphatic heterocycles. The van der Waals surface area contributed by atoms with E-state index in [1.54, 1.807) is 30.5 Å². The first kappa shape index (κ1) is 44.4. The van der Waals surface area contributed by atoms with Crippen LogP contribution in [-0.2, 0) is 32.0 Å². The molecule has 12 N–H and O–H groups in total. The Morgan fingerprint density at radius 1 is 0.776 bits per heavy atom. The van der Waals surface area contributed by atoms with Gasteiger partial charge in [-0.1, -0.05) is 62.4 Å². The Kier molecular flexibility index (Phi) is 16.7. The van der Waals surface area contributed by atoms with Gasteiger partial charge < -0.3 is 48.6 Å². The van der Waals surface area contributed by atoms with Gasteiger partial charge in [0.25, 0.3) is 5.91 Å². The number of aliphatic hydroxyl groups is 1. The summed E-state index contributed by atoms with van der Waals surface area (Å²) in [5.74, 6) is -4.46. The second kappa shape index (κ2) is 21.9. The molecule has 0 saturated carbocycles. The monoisotopic (exact) mass is 799 g/mol. The second-order valence-corrected chi connectivity index (χ2v) is 14.7. The zero-order chi connectivity index (χ0) is 42.2. The number of rotatable bonds is 22. The number of para-hydroxylation sites is 1. The number of hydrogen-bond acceptors (Lipinski definition) is 7. The van der Waals surface area contributed by atoms with E-state index in [0.717, 1.165) is 34.2 Å². The maximum Gasteiger partial charge on any atom is 0.251 e. The summed E-state index contributed by atoms with van der Waals surface area (Å²) in [6.45, 7) is 3.76. The summed E-state index contributed by atoms with van der Waals surface area (Å²) in [7, 11) is 0. The number of aromatic amines is 1. The second-order valence-electron chi connectivity index (χ2n) is 14.7. The minimum Gasteiger partial charge on any atom is -0.391 e. The molecule has 5 amide bonds. The first-order valence-electron chi connectivity index (χ1n) is 19.3. The number of fused-ring (bicyclic) bond motifs is 1. The number of benzene rings is 3. The normalized spacial score (nSPS) is 13.7. The van der Waals surface area contributed by atoms with E-state index in [0.29, 0.717) is 12.8 Å². The standard InChI is InChI=1S/C42H54FN9O6/c1-25(2)19-28(21-31(53)24-49-40(57)36(20-26-9-4-3-5-10-26)52-38(55)27-14-16-30(43)17-15-27)39(56)50-34(13-8-18-47-42(45)46)41(58)51-35(37(44)54)22-29-23-48-33-12-7-6-11-32(29)33/h3-7,9-12,14-17,23,25,28,31,34-36,48,53H,8,13,18-22,24H2,1-2H3,(H2,44,54)(H,49,57)(H,50,56)(H,51,58)(H,52,55)(H4,45,46,47)/t28-,31+,34-,35-,36-/m0/s1. The van der Waals surface area contributed by atoms with Gasteiger partial charge >= 0.3 is 0 Å². The van der Waals surface area contributed by atoms with Crippen molar-refractivity contribution in [3.8, 4) is 0 Å². The Hall–Kier alpha value is -6.29. The number of aliphatic hydroxyl groups excluding tert-OH is 1. The Morgan fingerprint density at radius 3 is 2.12 bits per heavy atom. The smallest absolute Gasteiger partial charge is 0.251 e. The van der Waals surface area contributed by atoms with Gasteiger partial charge in [-0.2, -0.15) is 0 Å². The molecule has 0 radical (unpaired) electrons. The van der Waals surface area contributed by atoms with Crippen molar-refractivity contribution in [1.82, 2.24) is 26.3 Å². The molecule has 0 bridgehead atoms. The van der Waals surface area contributed by atoms with Crippen molar-refractivity contribution in [2.24, 2.45) is 34.0 Å². The van der Waals surface area contributed by atoms with E-state index in [4.69, 9.17) is 17.2 Å². The zero-order valence-corrected chi connectivity index (χ0v) is 32.7. The van der Waals surface area contributed by atoms with Crippen molar-refractivity contribution >= 4 is 46.4 Å². The number of carbonyl (C=O) groups is 5. The van der Waals surface area contributed by atoms with Crippen molar-refractivity contribution in [2.45, 2.75) is 76.6 Å². The molecule has 5 atom stereocenters. The Labute approximate surface area is 336 Å².